The molecule has 18 heavy (non-hydrogen) atoms. The summed E-state index contributed by atoms with van der Waals surface area (Å²) in [5.74, 6) is 0.395. The summed E-state index contributed by atoms with van der Waals surface area (Å²) in [5, 5.41) is 12.1. The van der Waals surface area contributed by atoms with Crippen molar-refractivity contribution >= 4 is 10.9 Å². The summed E-state index contributed by atoms with van der Waals surface area (Å²) in [7, 11) is 0. The Morgan fingerprint density at radius 3 is 3.11 bits per heavy atom. The predicted octanol–water partition coefficient (Wildman–Crippen LogP) is 3.63. The van der Waals surface area contributed by atoms with Crippen LogP contribution in [0.2, 0.25) is 0 Å². The van der Waals surface area contributed by atoms with Crippen LogP contribution < -0.4 is 0 Å². The summed E-state index contributed by atoms with van der Waals surface area (Å²) in [6.45, 7) is 2.17. The van der Waals surface area contributed by atoms with Crippen LogP contribution in [-0.2, 0) is 5.60 Å². The van der Waals surface area contributed by atoms with Gasteiger partial charge >= 0.3 is 0 Å². The van der Waals surface area contributed by atoms with E-state index >= 15 is 0 Å². The monoisotopic (exact) mass is 241 g/mol. The van der Waals surface area contributed by atoms with Gasteiger partial charge in [0, 0.05) is 11.6 Å². The average Bonchev–Trinajstić information content (AvgIpc) is 2.80. The minimum Gasteiger partial charge on any atom is -0.385 e. The molecule has 0 radical (unpaired) electrons. The van der Waals surface area contributed by atoms with Crippen LogP contribution in [0.25, 0.3) is 10.9 Å². The molecule has 1 aromatic heterocycles. The Bertz CT molecular complexity index is 566. The molecule has 0 aliphatic heterocycles. The molecule has 94 valence electrons. The highest BCUT2D eigenvalue weighted by Gasteiger charge is 2.41. The fourth-order valence-electron chi connectivity index (χ4n) is 3.33. The molecule has 1 saturated carbocycles. The van der Waals surface area contributed by atoms with E-state index in [1.54, 1.807) is 6.20 Å². The number of pyridine rings is 1. The minimum atomic E-state index is -0.626. The first-order valence-electron chi connectivity index (χ1n) is 6.81. The normalized spacial score (nSPS) is 27.8. The van der Waals surface area contributed by atoms with E-state index in [9.17, 15) is 5.11 Å². The first kappa shape index (κ1) is 11.7. The summed E-state index contributed by atoms with van der Waals surface area (Å²) in [4.78, 5) is 4.33. The van der Waals surface area contributed by atoms with Gasteiger partial charge in [-0.25, -0.2) is 0 Å². The van der Waals surface area contributed by atoms with E-state index in [0.29, 0.717) is 5.92 Å². The SMILES string of the molecule is CCC1CCCC1(O)c1ccc2ncccc2c1. The third-order valence-corrected chi connectivity index (χ3v) is 4.38. The van der Waals surface area contributed by atoms with E-state index in [-0.39, 0.29) is 0 Å². The molecule has 0 spiro atoms. The number of nitrogens with zero attached hydrogens (tertiary/aromatic N) is 1. The van der Waals surface area contributed by atoms with Gasteiger partial charge in [0.15, 0.2) is 0 Å². The first-order chi connectivity index (χ1) is 8.74. The smallest absolute Gasteiger partial charge is 0.0924 e. The van der Waals surface area contributed by atoms with Gasteiger partial charge in [-0.3, -0.25) is 4.98 Å². The van der Waals surface area contributed by atoms with Crippen LogP contribution in [0, 0.1) is 5.92 Å². The Balaban J connectivity index is 2.08. The molecular formula is C16H19NO. The Kier molecular flexibility index (Phi) is 2.83. The highest BCUT2D eigenvalue weighted by atomic mass is 16.3. The quantitative estimate of drug-likeness (QED) is 0.871. The van der Waals surface area contributed by atoms with Crippen molar-refractivity contribution < 1.29 is 5.11 Å². The molecule has 2 aromatic rings. The summed E-state index contributed by atoms with van der Waals surface area (Å²) >= 11 is 0. The van der Waals surface area contributed by atoms with E-state index in [1.165, 1.54) is 0 Å². The maximum Gasteiger partial charge on any atom is 0.0924 e. The number of hydrogen-bond donors (Lipinski definition) is 1. The van der Waals surface area contributed by atoms with E-state index in [4.69, 9.17) is 0 Å². The molecule has 1 N–H and O–H groups in total. The summed E-state index contributed by atoms with van der Waals surface area (Å²) in [6.07, 6.45) is 6.00. The highest BCUT2D eigenvalue weighted by Crippen LogP contribution is 2.45. The predicted molar refractivity (Wildman–Crippen MR) is 73.3 cm³/mol. The maximum atomic E-state index is 11.0. The van der Waals surface area contributed by atoms with E-state index < -0.39 is 5.60 Å². The minimum absolute atomic E-state index is 0.395. The zero-order valence-electron chi connectivity index (χ0n) is 10.8. The van der Waals surface area contributed by atoms with Gasteiger partial charge < -0.3 is 5.11 Å². The molecule has 1 aliphatic carbocycles. The lowest BCUT2D eigenvalue weighted by Crippen LogP contribution is -2.29. The van der Waals surface area contributed by atoms with Crippen LogP contribution in [0.4, 0.5) is 0 Å². The average molecular weight is 241 g/mol. The van der Waals surface area contributed by atoms with E-state index in [2.05, 4.69) is 24.0 Å². The van der Waals surface area contributed by atoms with E-state index in [1.807, 2.05) is 18.2 Å². The lowest BCUT2D eigenvalue weighted by atomic mass is 9.82. The fraction of sp³-hybridized carbons (Fsp3) is 0.438. The number of hydrogen-bond acceptors (Lipinski definition) is 2. The fourth-order valence-corrected chi connectivity index (χ4v) is 3.33. The van der Waals surface area contributed by atoms with Crippen LogP contribution in [0.3, 0.4) is 0 Å². The van der Waals surface area contributed by atoms with Crippen molar-refractivity contribution in [3.05, 3.63) is 42.1 Å². The molecule has 1 heterocycles. The second kappa shape index (κ2) is 4.36. The van der Waals surface area contributed by atoms with Crippen molar-refractivity contribution in [1.29, 1.82) is 0 Å². The molecular weight excluding hydrogens is 222 g/mol. The van der Waals surface area contributed by atoms with Crippen LogP contribution in [0.1, 0.15) is 38.2 Å². The van der Waals surface area contributed by atoms with Crippen LogP contribution in [0.5, 0.6) is 0 Å². The Labute approximate surface area is 108 Å². The molecule has 2 unspecified atom stereocenters. The number of rotatable bonds is 2. The zero-order valence-corrected chi connectivity index (χ0v) is 10.8. The highest BCUT2D eigenvalue weighted by molar-refractivity contribution is 5.79. The third kappa shape index (κ3) is 1.72. The maximum absolute atomic E-state index is 11.0. The standard InChI is InChI=1S/C16H19NO/c1-2-13-6-3-9-16(13,18)14-7-8-15-12(11-14)5-4-10-17-15/h4-5,7-8,10-11,13,18H,2-3,6,9H2,1H3. The molecule has 1 aromatic carbocycles. The number of benzene rings is 1. The van der Waals surface area contributed by atoms with Crippen molar-refractivity contribution in [3.8, 4) is 0 Å². The van der Waals surface area contributed by atoms with Crippen LogP contribution in [0.15, 0.2) is 36.5 Å². The Morgan fingerprint density at radius 1 is 1.39 bits per heavy atom. The lowest BCUT2D eigenvalue weighted by molar-refractivity contribution is -0.00375. The molecule has 0 bridgehead atoms. The van der Waals surface area contributed by atoms with Gasteiger partial charge in [0.25, 0.3) is 0 Å². The number of fused-ring (bicyclic) bond motifs is 1. The number of aliphatic hydroxyl groups is 1. The molecule has 2 heteroatoms. The summed E-state index contributed by atoms with van der Waals surface area (Å²) in [5.41, 5.74) is 1.43. The van der Waals surface area contributed by atoms with Crippen LogP contribution in [-0.4, -0.2) is 10.1 Å². The Morgan fingerprint density at radius 2 is 2.28 bits per heavy atom. The summed E-state index contributed by atoms with van der Waals surface area (Å²) < 4.78 is 0. The van der Waals surface area contributed by atoms with Crippen LogP contribution >= 0.6 is 0 Å². The van der Waals surface area contributed by atoms with Gasteiger partial charge in [0.2, 0.25) is 0 Å². The first-order valence-corrected chi connectivity index (χ1v) is 6.81. The lowest BCUT2D eigenvalue weighted by Gasteiger charge is -2.30. The van der Waals surface area contributed by atoms with Gasteiger partial charge in [-0.05, 0) is 48.9 Å². The van der Waals surface area contributed by atoms with Gasteiger partial charge in [0.1, 0.15) is 0 Å². The molecule has 1 fully saturated rings. The summed E-state index contributed by atoms with van der Waals surface area (Å²) in [6, 6.07) is 10.2. The largest absolute Gasteiger partial charge is 0.385 e. The van der Waals surface area contributed by atoms with Gasteiger partial charge in [0.05, 0.1) is 11.1 Å². The Hall–Kier alpha value is -1.41. The van der Waals surface area contributed by atoms with E-state index in [0.717, 1.165) is 42.1 Å². The van der Waals surface area contributed by atoms with Gasteiger partial charge in [-0.2, -0.15) is 0 Å². The molecule has 2 atom stereocenters. The molecule has 3 rings (SSSR count). The molecule has 2 nitrogen and oxygen atoms in total. The van der Waals surface area contributed by atoms with Crippen molar-refractivity contribution in [2.45, 2.75) is 38.2 Å². The molecule has 0 amide bonds. The van der Waals surface area contributed by atoms with Crippen molar-refractivity contribution in [3.63, 3.8) is 0 Å². The third-order valence-electron chi connectivity index (χ3n) is 4.38. The second-order valence-electron chi connectivity index (χ2n) is 5.33. The van der Waals surface area contributed by atoms with Gasteiger partial charge in [-0.1, -0.05) is 25.5 Å². The zero-order chi connectivity index (χ0) is 12.6. The molecule has 1 aliphatic rings. The van der Waals surface area contributed by atoms with Gasteiger partial charge in [-0.15, -0.1) is 0 Å². The van der Waals surface area contributed by atoms with Crippen molar-refractivity contribution in [2.75, 3.05) is 0 Å². The molecule has 0 saturated heterocycles. The van der Waals surface area contributed by atoms with Crippen molar-refractivity contribution in [2.24, 2.45) is 5.92 Å². The number of aromatic nitrogens is 1. The second-order valence-corrected chi connectivity index (χ2v) is 5.33. The topological polar surface area (TPSA) is 33.1 Å². The van der Waals surface area contributed by atoms with Crippen molar-refractivity contribution in [1.82, 2.24) is 4.98 Å².